The number of fused-ring (bicyclic) bond motifs is 2. The minimum absolute atomic E-state index is 0. The van der Waals surface area contributed by atoms with Gasteiger partial charge in [0.05, 0.1) is 0 Å². The Bertz CT molecular complexity index is 2590. The topological polar surface area (TPSA) is 89.1 Å². The number of anilines is 2. The zero-order chi connectivity index (χ0) is 45.8. The molecule has 0 fully saturated rings. The van der Waals surface area contributed by atoms with Crippen LogP contribution in [0.5, 0.6) is 11.5 Å². The lowest BCUT2D eigenvalue weighted by atomic mass is 10.1. The van der Waals surface area contributed by atoms with Crippen molar-refractivity contribution in [1.82, 2.24) is 5.32 Å². The second-order valence-corrected chi connectivity index (χ2v) is 18.4. The van der Waals surface area contributed by atoms with Crippen LogP contribution < -0.4 is 25.0 Å². The first-order chi connectivity index (χ1) is 30.3. The molecule has 344 valence electrons. The third-order valence-corrected chi connectivity index (χ3v) is 12.4. The van der Waals surface area contributed by atoms with Gasteiger partial charge < -0.3 is 29.7 Å². The summed E-state index contributed by atoms with van der Waals surface area (Å²) in [6.45, 7) is 8.27. The van der Waals surface area contributed by atoms with Crippen LogP contribution in [0.15, 0.2) is 109 Å². The monoisotopic (exact) mass is 957 g/mol. The lowest BCUT2D eigenvalue weighted by Crippen LogP contribution is -2.47. The van der Waals surface area contributed by atoms with Gasteiger partial charge in [0.1, 0.15) is 46.1 Å². The van der Waals surface area contributed by atoms with E-state index in [1.165, 1.54) is 11.6 Å². The lowest BCUT2D eigenvalue weighted by Gasteiger charge is -2.24. The zero-order valence-corrected chi connectivity index (χ0v) is 38.1. The molecule has 2 N–H and O–H groups in total. The molecule has 2 amide bonds. The van der Waals surface area contributed by atoms with E-state index in [0.29, 0.717) is 62.4 Å². The molecule has 17 heteroatoms. The molecule has 0 radical (unpaired) electrons. The minimum atomic E-state index is -4.47. The highest BCUT2D eigenvalue weighted by atomic mass is 35.5. The van der Waals surface area contributed by atoms with Crippen molar-refractivity contribution in [2.45, 2.75) is 77.7 Å². The summed E-state index contributed by atoms with van der Waals surface area (Å²) < 4.78 is 98.1. The van der Waals surface area contributed by atoms with Crippen molar-refractivity contribution < 1.29 is 50.1 Å². The van der Waals surface area contributed by atoms with Gasteiger partial charge in [0.15, 0.2) is 0 Å². The van der Waals surface area contributed by atoms with Crippen molar-refractivity contribution in [1.29, 1.82) is 0 Å². The molecule has 2 aromatic heterocycles. The van der Waals surface area contributed by atoms with Gasteiger partial charge in [-0.2, -0.15) is 26.3 Å². The number of amides is 2. The largest absolute Gasteiger partial charge is 0.488 e. The van der Waals surface area contributed by atoms with Crippen LogP contribution in [-0.2, 0) is 47.9 Å². The van der Waals surface area contributed by atoms with Gasteiger partial charge in [-0.05, 0) is 111 Å². The molecule has 0 bridgehead atoms. The van der Waals surface area contributed by atoms with Crippen LogP contribution in [0, 0.1) is 0 Å². The number of alkyl carbamates (subject to hydrolysis) is 1. The number of nitrogens with one attached hydrogen (secondary N) is 2. The summed E-state index contributed by atoms with van der Waals surface area (Å²) in [7, 11) is 0. The molecular weight excluding hydrogens is 912 g/mol. The van der Waals surface area contributed by atoms with Crippen LogP contribution in [0.1, 0.15) is 58.3 Å². The highest BCUT2D eigenvalue weighted by molar-refractivity contribution is 7.13. The predicted octanol–water partition coefficient (Wildman–Crippen LogP) is 13.2. The van der Waals surface area contributed by atoms with E-state index in [2.05, 4.69) is 10.6 Å². The van der Waals surface area contributed by atoms with E-state index in [-0.39, 0.29) is 42.7 Å². The fourth-order valence-corrected chi connectivity index (χ4v) is 9.19. The first-order valence-corrected chi connectivity index (χ1v) is 22.0. The third kappa shape index (κ3) is 12.4. The molecule has 8 rings (SSSR count). The number of rotatable bonds is 10. The Morgan fingerprint density at radius 2 is 1.22 bits per heavy atom. The quantitative estimate of drug-likeness (QED) is 0.133. The lowest BCUT2D eigenvalue weighted by molar-refractivity contribution is -0.134. The Kier molecular flexibility index (Phi) is 15.2. The van der Waals surface area contributed by atoms with Gasteiger partial charge in [-0.1, -0.05) is 60.7 Å². The van der Waals surface area contributed by atoms with Crippen LogP contribution in [0.3, 0.4) is 0 Å². The van der Waals surface area contributed by atoms with Crippen LogP contribution in [-0.4, -0.2) is 36.7 Å². The van der Waals surface area contributed by atoms with Crippen molar-refractivity contribution in [2.75, 3.05) is 23.3 Å². The second-order valence-electron chi connectivity index (χ2n) is 16.1. The summed E-state index contributed by atoms with van der Waals surface area (Å²) >= 11 is 1.42. The van der Waals surface area contributed by atoms with Crippen LogP contribution in [0.25, 0.3) is 22.3 Å². The number of carbonyl (C=O) groups excluding carboxylic acids is 2. The maximum Gasteiger partial charge on any atom is 0.426 e. The number of ether oxygens (including phenoxy) is 3. The molecule has 4 aromatic carbocycles. The van der Waals surface area contributed by atoms with Crippen LogP contribution in [0.4, 0.5) is 42.5 Å². The number of carbonyl (C=O) groups is 2. The van der Waals surface area contributed by atoms with Gasteiger partial charge in [-0.3, -0.25) is 4.79 Å². The number of hydrogen-bond donors (Lipinski definition) is 2. The Balaban J connectivity index is 0.000000226. The fraction of sp³-hybridized carbons (Fsp3) is 0.292. The molecular formula is C48H46ClF6N3O5S2. The molecule has 0 unspecified atom stereocenters. The number of alkyl halides is 6. The molecule has 2 aliphatic rings. The fourth-order valence-electron chi connectivity index (χ4n) is 7.27. The molecule has 8 nitrogen and oxygen atoms in total. The highest BCUT2D eigenvalue weighted by Gasteiger charge is 2.38. The van der Waals surface area contributed by atoms with E-state index in [0.717, 1.165) is 35.6 Å². The van der Waals surface area contributed by atoms with E-state index >= 15 is 0 Å². The van der Waals surface area contributed by atoms with Crippen molar-refractivity contribution >= 4 is 58.5 Å². The summed E-state index contributed by atoms with van der Waals surface area (Å²) in [6, 6.07) is 30.4. The Labute approximate surface area is 387 Å². The number of halogens is 7. The van der Waals surface area contributed by atoms with Gasteiger partial charge in [-0.25, -0.2) is 4.79 Å². The number of hydrogen-bond acceptors (Lipinski definition) is 8. The standard InChI is InChI=1S/C28H29F3N2O4S.C20H16F3NOS.ClH/c1-17(32-26(35)37-27(2,3)4)25(34)33-13-12-19-14-20(10-11-23(19)33)36-16-21-15-22(18-8-6-5-7-9-18)24(38-21)28(29,30)31;21-20(22,23)19-17(13-4-2-1-3-5-13)11-16(26-19)12-25-15-6-7-18-14(10-15)8-9-24-18;/h5-11,14-15,17H,12-13,16H2,1-4H3,(H,32,35);1-7,10-11,24H,8-9,12H2;1H/t17-;;/m0../s1. The van der Waals surface area contributed by atoms with Crippen LogP contribution >= 0.6 is 35.1 Å². The first-order valence-electron chi connectivity index (χ1n) is 20.4. The van der Waals surface area contributed by atoms with Crippen molar-refractivity contribution in [2.24, 2.45) is 0 Å². The smallest absolute Gasteiger partial charge is 0.426 e. The van der Waals surface area contributed by atoms with E-state index in [4.69, 9.17) is 14.2 Å². The van der Waals surface area contributed by atoms with Crippen LogP contribution in [0.2, 0.25) is 0 Å². The molecule has 1 atom stereocenters. The summed E-state index contributed by atoms with van der Waals surface area (Å²) in [5, 5.41) is 5.83. The summed E-state index contributed by atoms with van der Waals surface area (Å²) in [5.41, 5.74) is 4.59. The van der Waals surface area contributed by atoms with E-state index in [9.17, 15) is 35.9 Å². The summed E-state index contributed by atoms with van der Waals surface area (Å²) in [4.78, 5) is 26.4. The van der Waals surface area contributed by atoms with Gasteiger partial charge in [-0.15, -0.1) is 35.1 Å². The van der Waals surface area contributed by atoms with E-state index < -0.39 is 39.8 Å². The van der Waals surface area contributed by atoms with Crippen molar-refractivity contribution in [3.8, 4) is 33.8 Å². The Morgan fingerprint density at radius 3 is 1.72 bits per heavy atom. The maximum absolute atomic E-state index is 13.7. The molecule has 2 aliphatic heterocycles. The molecule has 4 heterocycles. The van der Waals surface area contributed by atoms with Gasteiger partial charge in [0, 0.05) is 45.3 Å². The van der Waals surface area contributed by atoms with Crippen molar-refractivity contribution in [3.05, 3.63) is 140 Å². The summed E-state index contributed by atoms with van der Waals surface area (Å²) in [5.74, 6) is 0.909. The Morgan fingerprint density at radius 1 is 0.708 bits per heavy atom. The van der Waals surface area contributed by atoms with Crippen molar-refractivity contribution in [3.63, 3.8) is 0 Å². The molecule has 0 spiro atoms. The molecule has 65 heavy (non-hydrogen) atoms. The SMILES string of the molecule is C[C@H](NC(=O)OC(C)(C)C)C(=O)N1CCc2cc(OCc3cc(-c4ccccc4)c(C(F)(F)F)s3)ccc21.Cl.FC(F)(F)c1sc(COc2ccc3c(c2)CCN3)cc1-c1ccccc1. The predicted molar refractivity (Wildman–Crippen MR) is 245 cm³/mol. The number of nitrogens with zero attached hydrogens (tertiary/aromatic N) is 1. The van der Waals surface area contributed by atoms with E-state index in [1.54, 1.807) is 118 Å². The number of benzene rings is 4. The molecule has 0 aliphatic carbocycles. The summed E-state index contributed by atoms with van der Waals surface area (Å²) in [6.07, 6.45) is -7.99. The Hall–Kier alpha value is -5.71. The van der Waals surface area contributed by atoms with Gasteiger partial charge >= 0.3 is 18.4 Å². The number of thiophene rings is 2. The van der Waals surface area contributed by atoms with E-state index in [1.807, 2.05) is 18.2 Å². The second kappa shape index (κ2) is 20.2. The first kappa shape index (κ1) is 48.7. The average Bonchev–Trinajstić information content (AvgIpc) is 4.07. The highest BCUT2D eigenvalue weighted by Crippen LogP contribution is 2.45. The molecule has 0 saturated heterocycles. The maximum atomic E-state index is 13.7. The van der Waals surface area contributed by atoms with Gasteiger partial charge in [0.25, 0.3) is 0 Å². The molecule has 0 saturated carbocycles. The van der Waals surface area contributed by atoms with Gasteiger partial charge in [0.2, 0.25) is 5.91 Å². The minimum Gasteiger partial charge on any atom is -0.488 e. The average molecular weight is 958 g/mol. The normalized spacial score (nSPS) is 13.6. The third-order valence-electron chi connectivity index (χ3n) is 10.1. The zero-order valence-electron chi connectivity index (χ0n) is 35.7. The molecule has 6 aromatic rings.